The normalized spacial score (nSPS) is 11.8. The molecule has 2 aromatic carbocycles. The fourth-order valence-electron chi connectivity index (χ4n) is 2.52. The number of carbonyl (C=O) groups is 2. The van der Waals surface area contributed by atoms with Crippen molar-refractivity contribution in [2.75, 3.05) is 12.4 Å². The van der Waals surface area contributed by atoms with Gasteiger partial charge in [0.25, 0.3) is 5.91 Å². The molecule has 138 valence electrons. The van der Waals surface area contributed by atoms with E-state index in [0.717, 1.165) is 16.9 Å². The minimum Gasteiger partial charge on any atom is -0.481 e. The molecule has 0 aromatic heterocycles. The lowest BCUT2D eigenvalue weighted by atomic mass is 10.0. The van der Waals surface area contributed by atoms with E-state index in [0.29, 0.717) is 17.2 Å². The molecule has 1 atom stereocenters. The van der Waals surface area contributed by atoms with Gasteiger partial charge in [-0.2, -0.15) is 0 Å². The van der Waals surface area contributed by atoms with Gasteiger partial charge in [-0.25, -0.2) is 4.79 Å². The van der Waals surface area contributed by atoms with Crippen LogP contribution in [0.15, 0.2) is 42.5 Å². The summed E-state index contributed by atoms with van der Waals surface area (Å²) in [4.78, 5) is 23.9. The first-order valence-electron chi connectivity index (χ1n) is 8.58. The Bertz CT molecular complexity index is 781. The Morgan fingerprint density at radius 3 is 2.23 bits per heavy atom. The van der Waals surface area contributed by atoms with Crippen LogP contribution in [0.25, 0.3) is 0 Å². The van der Waals surface area contributed by atoms with E-state index in [1.165, 1.54) is 7.11 Å². The highest BCUT2D eigenvalue weighted by atomic mass is 16.5. The molecule has 5 heteroatoms. The SMILES string of the molecule is COC(=O)c1ccc(NC(=O)C(C)Oc2cc(C)ccc2C(C)C)cc1. The van der Waals surface area contributed by atoms with E-state index in [1.807, 2.05) is 25.1 Å². The van der Waals surface area contributed by atoms with E-state index in [9.17, 15) is 9.59 Å². The molecule has 0 fully saturated rings. The van der Waals surface area contributed by atoms with Gasteiger partial charge in [-0.3, -0.25) is 4.79 Å². The Balaban J connectivity index is 2.06. The fourth-order valence-corrected chi connectivity index (χ4v) is 2.52. The monoisotopic (exact) mass is 355 g/mol. The van der Waals surface area contributed by atoms with Gasteiger partial charge in [0.2, 0.25) is 0 Å². The number of ether oxygens (including phenoxy) is 2. The van der Waals surface area contributed by atoms with Crippen molar-refractivity contribution in [3.63, 3.8) is 0 Å². The largest absolute Gasteiger partial charge is 0.481 e. The van der Waals surface area contributed by atoms with Crippen LogP contribution in [-0.2, 0) is 9.53 Å². The zero-order chi connectivity index (χ0) is 19.3. The third-order valence-corrected chi connectivity index (χ3v) is 4.04. The van der Waals surface area contributed by atoms with E-state index in [4.69, 9.17) is 4.74 Å². The van der Waals surface area contributed by atoms with Crippen molar-refractivity contribution in [1.82, 2.24) is 0 Å². The minimum absolute atomic E-state index is 0.257. The summed E-state index contributed by atoms with van der Waals surface area (Å²) in [6.07, 6.45) is -0.658. The number of aryl methyl sites for hydroxylation is 1. The van der Waals surface area contributed by atoms with Crippen LogP contribution in [0.5, 0.6) is 5.75 Å². The standard InChI is InChI=1S/C21H25NO4/c1-13(2)18-11-6-14(3)12-19(18)26-15(4)20(23)22-17-9-7-16(8-10-17)21(24)25-5/h6-13,15H,1-5H3,(H,22,23). The number of hydrogen-bond acceptors (Lipinski definition) is 4. The second kappa shape index (κ2) is 8.52. The van der Waals surface area contributed by atoms with Gasteiger partial charge in [0.15, 0.2) is 6.10 Å². The lowest BCUT2D eigenvalue weighted by Gasteiger charge is -2.19. The molecule has 0 spiro atoms. The van der Waals surface area contributed by atoms with Gasteiger partial charge in [-0.05, 0) is 61.2 Å². The van der Waals surface area contributed by atoms with Gasteiger partial charge in [0, 0.05) is 5.69 Å². The first-order chi connectivity index (χ1) is 12.3. The fraction of sp³-hybridized carbons (Fsp3) is 0.333. The highest BCUT2D eigenvalue weighted by Gasteiger charge is 2.18. The number of benzene rings is 2. The van der Waals surface area contributed by atoms with E-state index < -0.39 is 12.1 Å². The Morgan fingerprint density at radius 1 is 1.00 bits per heavy atom. The summed E-state index contributed by atoms with van der Waals surface area (Å²) in [7, 11) is 1.33. The lowest BCUT2D eigenvalue weighted by molar-refractivity contribution is -0.122. The van der Waals surface area contributed by atoms with Gasteiger partial charge < -0.3 is 14.8 Å². The van der Waals surface area contributed by atoms with Crippen molar-refractivity contribution in [2.45, 2.75) is 39.7 Å². The molecule has 0 aliphatic heterocycles. The van der Waals surface area contributed by atoms with Crippen LogP contribution in [0.1, 0.15) is 48.2 Å². The maximum Gasteiger partial charge on any atom is 0.337 e. The van der Waals surface area contributed by atoms with E-state index >= 15 is 0 Å². The summed E-state index contributed by atoms with van der Waals surface area (Å²) in [5.41, 5.74) is 3.16. The smallest absolute Gasteiger partial charge is 0.337 e. The molecular formula is C21H25NO4. The second-order valence-electron chi connectivity index (χ2n) is 6.51. The molecule has 0 aliphatic rings. The zero-order valence-corrected chi connectivity index (χ0v) is 15.8. The molecule has 2 aromatic rings. The van der Waals surface area contributed by atoms with Gasteiger partial charge in [-0.1, -0.05) is 26.0 Å². The Labute approximate surface area is 154 Å². The summed E-state index contributed by atoms with van der Waals surface area (Å²) in [6, 6.07) is 12.5. The Kier molecular flexibility index (Phi) is 6.39. The Hall–Kier alpha value is -2.82. The van der Waals surface area contributed by atoms with E-state index in [2.05, 4.69) is 23.9 Å². The van der Waals surface area contributed by atoms with Crippen molar-refractivity contribution in [3.8, 4) is 5.75 Å². The number of methoxy groups -OCH3 is 1. The third kappa shape index (κ3) is 4.85. The topological polar surface area (TPSA) is 64.6 Å². The predicted octanol–water partition coefficient (Wildman–Crippen LogP) is 4.31. The van der Waals surface area contributed by atoms with Crippen LogP contribution < -0.4 is 10.1 Å². The van der Waals surface area contributed by atoms with Crippen molar-refractivity contribution >= 4 is 17.6 Å². The molecule has 2 rings (SSSR count). The number of hydrogen-bond donors (Lipinski definition) is 1. The van der Waals surface area contributed by atoms with E-state index in [1.54, 1.807) is 31.2 Å². The number of nitrogens with one attached hydrogen (secondary N) is 1. The highest BCUT2D eigenvalue weighted by molar-refractivity contribution is 5.95. The zero-order valence-electron chi connectivity index (χ0n) is 15.8. The molecule has 0 saturated heterocycles. The van der Waals surface area contributed by atoms with Crippen molar-refractivity contribution in [1.29, 1.82) is 0 Å². The van der Waals surface area contributed by atoms with Crippen molar-refractivity contribution in [3.05, 3.63) is 59.2 Å². The molecule has 0 aliphatic carbocycles. The maximum absolute atomic E-state index is 12.4. The molecule has 26 heavy (non-hydrogen) atoms. The van der Waals surface area contributed by atoms with Gasteiger partial charge in [0.05, 0.1) is 12.7 Å². The molecule has 0 radical (unpaired) electrons. The maximum atomic E-state index is 12.4. The lowest BCUT2D eigenvalue weighted by Crippen LogP contribution is -2.30. The molecule has 0 saturated carbocycles. The second-order valence-corrected chi connectivity index (χ2v) is 6.51. The summed E-state index contributed by atoms with van der Waals surface area (Å²) in [5.74, 6) is 0.350. The number of esters is 1. The minimum atomic E-state index is -0.658. The number of anilines is 1. The average molecular weight is 355 g/mol. The molecule has 1 amide bonds. The quantitative estimate of drug-likeness (QED) is 0.784. The molecule has 0 bridgehead atoms. The Morgan fingerprint density at radius 2 is 1.65 bits per heavy atom. The highest BCUT2D eigenvalue weighted by Crippen LogP contribution is 2.28. The number of rotatable bonds is 6. The van der Waals surface area contributed by atoms with Gasteiger partial charge in [-0.15, -0.1) is 0 Å². The van der Waals surface area contributed by atoms with Crippen LogP contribution in [0.3, 0.4) is 0 Å². The average Bonchev–Trinajstić information content (AvgIpc) is 2.61. The van der Waals surface area contributed by atoms with Crippen molar-refractivity contribution < 1.29 is 19.1 Å². The molecule has 0 heterocycles. The number of carbonyl (C=O) groups excluding carboxylic acids is 2. The summed E-state index contributed by atoms with van der Waals surface area (Å²) in [5, 5.41) is 2.79. The third-order valence-electron chi connectivity index (χ3n) is 4.04. The predicted molar refractivity (Wildman–Crippen MR) is 102 cm³/mol. The molecule has 1 unspecified atom stereocenters. The number of amides is 1. The summed E-state index contributed by atoms with van der Waals surface area (Å²) >= 11 is 0. The molecule has 1 N–H and O–H groups in total. The summed E-state index contributed by atoms with van der Waals surface area (Å²) in [6.45, 7) is 7.88. The van der Waals surface area contributed by atoms with Gasteiger partial charge >= 0.3 is 5.97 Å². The van der Waals surface area contributed by atoms with Crippen LogP contribution in [-0.4, -0.2) is 25.1 Å². The van der Waals surface area contributed by atoms with Gasteiger partial charge in [0.1, 0.15) is 5.75 Å². The van der Waals surface area contributed by atoms with Crippen molar-refractivity contribution in [2.24, 2.45) is 0 Å². The molecular weight excluding hydrogens is 330 g/mol. The van der Waals surface area contributed by atoms with E-state index in [-0.39, 0.29) is 5.91 Å². The molecule has 5 nitrogen and oxygen atoms in total. The van der Waals surface area contributed by atoms with Crippen LogP contribution in [0.2, 0.25) is 0 Å². The van der Waals surface area contributed by atoms with Crippen LogP contribution in [0, 0.1) is 6.92 Å². The van der Waals surface area contributed by atoms with Crippen LogP contribution in [0.4, 0.5) is 5.69 Å². The first kappa shape index (κ1) is 19.5. The summed E-state index contributed by atoms with van der Waals surface area (Å²) < 4.78 is 10.6. The van der Waals surface area contributed by atoms with Crippen LogP contribution >= 0.6 is 0 Å². The first-order valence-corrected chi connectivity index (χ1v) is 8.58.